The average molecular weight is 187 g/mol. The van der Waals surface area contributed by atoms with Crippen molar-refractivity contribution in [1.29, 1.82) is 0 Å². The van der Waals surface area contributed by atoms with Gasteiger partial charge >= 0.3 is 0 Å². The Labute approximate surface area is 83.1 Å². The summed E-state index contributed by atoms with van der Waals surface area (Å²) in [7, 11) is 0. The lowest BCUT2D eigenvalue weighted by Crippen LogP contribution is -2.32. The second-order valence-corrected chi connectivity index (χ2v) is 4.60. The SMILES string of the molecule is CCCC(C)NCCOC(C)(C)C. The fraction of sp³-hybridized carbons (Fsp3) is 1.00. The highest BCUT2D eigenvalue weighted by atomic mass is 16.5. The van der Waals surface area contributed by atoms with Crippen LogP contribution in [0, 0.1) is 0 Å². The van der Waals surface area contributed by atoms with Crippen LogP contribution in [-0.4, -0.2) is 24.8 Å². The van der Waals surface area contributed by atoms with Gasteiger partial charge in [0.2, 0.25) is 0 Å². The predicted molar refractivity (Wildman–Crippen MR) is 58.1 cm³/mol. The summed E-state index contributed by atoms with van der Waals surface area (Å²) in [6.07, 6.45) is 2.49. The van der Waals surface area contributed by atoms with Gasteiger partial charge in [-0.2, -0.15) is 0 Å². The van der Waals surface area contributed by atoms with Crippen molar-refractivity contribution < 1.29 is 4.74 Å². The maximum atomic E-state index is 5.60. The van der Waals surface area contributed by atoms with E-state index in [-0.39, 0.29) is 5.60 Å². The first-order valence-electron chi connectivity index (χ1n) is 5.33. The van der Waals surface area contributed by atoms with E-state index in [1.54, 1.807) is 0 Å². The van der Waals surface area contributed by atoms with Crippen LogP contribution in [0.3, 0.4) is 0 Å². The molecule has 0 amide bonds. The van der Waals surface area contributed by atoms with Crippen LogP contribution >= 0.6 is 0 Å². The van der Waals surface area contributed by atoms with Gasteiger partial charge in [0.05, 0.1) is 12.2 Å². The van der Waals surface area contributed by atoms with Crippen LogP contribution < -0.4 is 5.32 Å². The Hall–Kier alpha value is -0.0800. The summed E-state index contributed by atoms with van der Waals surface area (Å²) >= 11 is 0. The minimum atomic E-state index is -0.00429. The van der Waals surface area contributed by atoms with E-state index >= 15 is 0 Å². The summed E-state index contributed by atoms with van der Waals surface area (Å²) in [4.78, 5) is 0. The molecule has 0 aliphatic carbocycles. The second-order valence-electron chi connectivity index (χ2n) is 4.60. The molecule has 0 rings (SSSR count). The van der Waals surface area contributed by atoms with Crippen LogP contribution in [0.4, 0.5) is 0 Å². The molecule has 1 atom stereocenters. The molecule has 0 fully saturated rings. The zero-order chi connectivity index (χ0) is 10.3. The van der Waals surface area contributed by atoms with E-state index in [4.69, 9.17) is 4.74 Å². The largest absolute Gasteiger partial charge is 0.375 e. The van der Waals surface area contributed by atoms with E-state index in [1.165, 1.54) is 12.8 Å². The van der Waals surface area contributed by atoms with Crippen molar-refractivity contribution in [2.24, 2.45) is 0 Å². The monoisotopic (exact) mass is 187 g/mol. The van der Waals surface area contributed by atoms with Crippen molar-refractivity contribution in [3.8, 4) is 0 Å². The topological polar surface area (TPSA) is 21.3 Å². The number of nitrogens with one attached hydrogen (secondary N) is 1. The summed E-state index contributed by atoms with van der Waals surface area (Å²) in [6.45, 7) is 12.5. The van der Waals surface area contributed by atoms with Gasteiger partial charge in [-0.15, -0.1) is 0 Å². The summed E-state index contributed by atoms with van der Waals surface area (Å²) in [5, 5.41) is 3.43. The van der Waals surface area contributed by atoms with Gasteiger partial charge in [0, 0.05) is 12.6 Å². The van der Waals surface area contributed by atoms with E-state index in [9.17, 15) is 0 Å². The summed E-state index contributed by atoms with van der Waals surface area (Å²) in [5.41, 5.74) is -0.00429. The van der Waals surface area contributed by atoms with Gasteiger partial charge in [-0.3, -0.25) is 0 Å². The lowest BCUT2D eigenvalue weighted by Gasteiger charge is -2.20. The lowest BCUT2D eigenvalue weighted by atomic mass is 10.2. The van der Waals surface area contributed by atoms with E-state index in [0.29, 0.717) is 6.04 Å². The van der Waals surface area contributed by atoms with Gasteiger partial charge in [0.25, 0.3) is 0 Å². The Morgan fingerprint density at radius 1 is 1.31 bits per heavy atom. The standard InChI is InChI=1S/C11H25NO/c1-6-7-10(2)12-8-9-13-11(3,4)5/h10,12H,6-9H2,1-5H3. The minimum Gasteiger partial charge on any atom is -0.375 e. The molecule has 0 aromatic rings. The van der Waals surface area contributed by atoms with Gasteiger partial charge in [-0.1, -0.05) is 13.3 Å². The van der Waals surface area contributed by atoms with Gasteiger partial charge in [-0.05, 0) is 34.1 Å². The van der Waals surface area contributed by atoms with Gasteiger partial charge < -0.3 is 10.1 Å². The molecule has 13 heavy (non-hydrogen) atoms. The first kappa shape index (κ1) is 12.9. The molecular formula is C11H25NO. The highest BCUT2D eigenvalue weighted by molar-refractivity contribution is 4.62. The first-order chi connectivity index (χ1) is 5.95. The van der Waals surface area contributed by atoms with Crippen molar-refractivity contribution in [3.05, 3.63) is 0 Å². The zero-order valence-corrected chi connectivity index (χ0v) is 9.81. The zero-order valence-electron chi connectivity index (χ0n) is 9.81. The van der Waals surface area contributed by atoms with Crippen molar-refractivity contribution in [2.45, 2.75) is 59.1 Å². The van der Waals surface area contributed by atoms with Crippen molar-refractivity contribution in [3.63, 3.8) is 0 Å². The van der Waals surface area contributed by atoms with E-state index in [1.807, 2.05) is 0 Å². The highest BCUT2D eigenvalue weighted by Gasteiger charge is 2.09. The molecule has 1 N–H and O–H groups in total. The molecule has 0 aliphatic heterocycles. The summed E-state index contributed by atoms with van der Waals surface area (Å²) in [5.74, 6) is 0. The number of ether oxygens (including phenoxy) is 1. The molecule has 0 saturated carbocycles. The summed E-state index contributed by atoms with van der Waals surface area (Å²) in [6, 6.07) is 0.619. The molecule has 80 valence electrons. The first-order valence-corrected chi connectivity index (χ1v) is 5.33. The van der Waals surface area contributed by atoms with Gasteiger partial charge in [-0.25, -0.2) is 0 Å². The Bertz CT molecular complexity index is 118. The average Bonchev–Trinajstić information content (AvgIpc) is 1.97. The molecule has 0 spiro atoms. The molecule has 0 aliphatic rings. The maximum Gasteiger partial charge on any atom is 0.0599 e. The molecule has 0 heterocycles. The van der Waals surface area contributed by atoms with Crippen molar-refractivity contribution in [1.82, 2.24) is 5.32 Å². The Morgan fingerprint density at radius 2 is 1.92 bits per heavy atom. The van der Waals surface area contributed by atoms with Crippen LogP contribution in [0.1, 0.15) is 47.5 Å². The number of hydrogen-bond donors (Lipinski definition) is 1. The fourth-order valence-corrected chi connectivity index (χ4v) is 1.20. The predicted octanol–water partition coefficient (Wildman–Crippen LogP) is 2.58. The molecule has 0 saturated heterocycles. The van der Waals surface area contributed by atoms with Crippen LogP contribution in [0.5, 0.6) is 0 Å². The molecule has 1 unspecified atom stereocenters. The van der Waals surface area contributed by atoms with E-state index < -0.39 is 0 Å². The minimum absolute atomic E-state index is 0.00429. The Morgan fingerprint density at radius 3 is 2.38 bits per heavy atom. The third-order valence-corrected chi connectivity index (χ3v) is 1.85. The lowest BCUT2D eigenvalue weighted by molar-refractivity contribution is -0.00154. The maximum absolute atomic E-state index is 5.60. The third kappa shape index (κ3) is 9.84. The van der Waals surface area contributed by atoms with Crippen molar-refractivity contribution >= 4 is 0 Å². The van der Waals surface area contributed by atoms with Crippen LogP contribution in [-0.2, 0) is 4.74 Å². The quantitative estimate of drug-likeness (QED) is 0.645. The molecule has 0 aromatic carbocycles. The molecule has 2 heteroatoms. The normalized spacial score (nSPS) is 14.5. The van der Waals surface area contributed by atoms with E-state index in [2.05, 4.69) is 39.9 Å². The molecule has 0 aromatic heterocycles. The van der Waals surface area contributed by atoms with Crippen molar-refractivity contribution in [2.75, 3.05) is 13.2 Å². The molecule has 2 nitrogen and oxygen atoms in total. The molecule has 0 radical (unpaired) electrons. The third-order valence-electron chi connectivity index (χ3n) is 1.85. The fourth-order valence-electron chi connectivity index (χ4n) is 1.20. The van der Waals surface area contributed by atoms with Gasteiger partial charge in [0.15, 0.2) is 0 Å². The molecule has 0 bridgehead atoms. The van der Waals surface area contributed by atoms with Crippen LogP contribution in [0.15, 0.2) is 0 Å². The number of rotatable bonds is 6. The second kappa shape index (κ2) is 6.39. The molecular weight excluding hydrogens is 162 g/mol. The smallest absolute Gasteiger partial charge is 0.0599 e. The van der Waals surface area contributed by atoms with E-state index in [0.717, 1.165) is 13.2 Å². The van der Waals surface area contributed by atoms with Crippen LogP contribution in [0.25, 0.3) is 0 Å². The Balaban J connectivity index is 3.25. The highest BCUT2D eigenvalue weighted by Crippen LogP contribution is 2.05. The number of hydrogen-bond acceptors (Lipinski definition) is 2. The summed E-state index contributed by atoms with van der Waals surface area (Å²) < 4.78 is 5.60. The Kier molecular flexibility index (Phi) is 6.35. The van der Waals surface area contributed by atoms with Crippen LogP contribution in [0.2, 0.25) is 0 Å². The van der Waals surface area contributed by atoms with Gasteiger partial charge in [0.1, 0.15) is 0 Å².